The van der Waals surface area contributed by atoms with Crippen LogP contribution in [-0.4, -0.2) is 47.3 Å². The molecule has 2 rings (SSSR count). The lowest BCUT2D eigenvalue weighted by Crippen LogP contribution is -2.48. The lowest BCUT2D eigenvalue weighted by atomic mass is 9.81. The Morgan fingerprint density at radius 3 is 2.95 bits per heavy atom. The van der Waals surface area contributed by atoms with Gasteiger partial charge >= 0.3 is 0 Å². The Labute approximate surface area is 133 Å². The Bertz CT molecular complexity index is 280. The maximum absolute atomic E-state index is 6.18. The maximum atomic E-state index is 6.18. The van der Waals surface area contributed by atoms with Crippen molar-refractivity contribution in [2.75, 3.05) is 30.4 Å². The van der Waals surface area contributed by atoms with Crippen LogP contribution < -0.4 is 5.32 Å². The van der Waals surface area contributed by atoms with Gasteiger partial charge in [-0.1, -0.05) is 20.8 Å². The van der Waals surface area contributed by atoms with Gasteiger partial charge in [-0.2, -0.15) is 23.5 Å². The number of hydrogen-bond acceptors (Lipinski definition) is 4. The second-order valence-electron chi connectivity index (χ2n) is 6.53. The molecule has 3 unspecified atom stereocenters. The number of rotatable bonds is 7. The molecule has 1 N–H and O–H groups in total. The Kier molecular flexibility index (Phi) is 7.05. The average molecular weight is 318 g/mol. The van der Waals surface area contributed by atoms with Gasteiger partial charge in [-0.15, -0.1) is 0 Å². The Morgan fingerprint density at radius 2 is 2.30 bits per heavy atom. The van der Waals surface area contributed by atoms with Gasteiger partial charge in [0.05, 0.1) is 5.60 Å². The van der Waals surface area contributed by atoms with Crippen molar-refractivity contribution in [1.82, 2.24) is 5.32 Å². The highest BCUT2D eigenvalue weighted by Crippen LogP contribution is 2.41. The summed E-state index contributed by atoms with van der Waals surface area (Å²) in [5.74, 6) is 4.58. The summed E-state index contributed by atoms with van der Waals surface area (Å²) in [6.45, 7) is 9.00. The van der Waals surface area contributed by atoms with Crippen LogP contribution in [0.4, 0.5) is 0 Å². The zero-order valence-corrected chi connectivity index (χ0v) is 15.0. The summed E-state index contributed by atoms with van der Waals surface area (Å²) in [4.78, 5) is 0. The zero-order chi connectivity index (χ0) is 14.4. The minimum atomic E-state index is 0.224. The minimum absolute atomic E-state index is 0.224. The van der Waals surface area contributed by atoms with E-state index in [1.54, 1.807) is 0 Å². The van der Waals surface area contributed by atoms with Crippen LogP contribution in [0.15, 0.2) is 0 Å². The van der Waals surface area contributed by atoms with Gasteiger partial charge < -0.3 is 10.1 Å². The Hall–Kier alpha value is 0.620. The van der Waals surface area contributed by atoms with E-state index in [1.807, 2.05) is 0 Å². The lowest BCUT2D eigenvalue weighted by Gasteiger charge is -2.41. The molecule has 0 radical (unpaired) electrons. The van der Waals surface area contributed by atoms with E-state index in [4.69, 9.17) is 4.74 Å². The molecule has 1 spiro atoms. The maximum Gasteiger partial charge on any atom is 0.0783 e. The van der Waals surface area contributed by atoms with Crippen LogP contribution in [-0.2, 0) is 4.74 Å². The van der Waals surface area contributed by atoms with Crippen LogP contribution in [0.1, 0.15) is 46.5 Å². The quantitative estimate of drug-likeness (QED) is 0.771. The first kappa shape index (κ1) is 17.0. The molecule has 2 fully saturated rings. The second kappa shape index (κ2) is 8.30. The van der Waals surface area contributed by atoms with E-state index in [0.717, 1.165) is 24.3 Å². The van der Waals surface area contributed by atoms with Crippen molar-refractivity contribution in [2.24, 2.45) is 5.92 Å². The summed E-state index contributed by atoms with van der Waals surface area (Å²) >= 11 is 4.18. The molecule has 2 heterocycles. The topological polar surface area (TPSA) is 21.3 Å². The van der Waals surface area contributed by atoms with Gasteiger partial charge in [0, 0.05) is 24.2 Å². The summed E-state index contributed by atoms with van der Waals surface area (Å²) in [6.07, 6.45) is 5.02. The molecule has 0 saturated carbocycles. The predicted octanol–water partition coefficient (Wildman–Crippen LogP) is 3.80. The highest BCUT2D eigenvalue weighted by Gasteiger charge is 2.42. The van der Waals surface area contributed by atoms with Crippen LogP contribution in [0, 0.1) is 5.92 Å². The fraction of sp³-hybridized carbons (Fsp3) is 1.00. The first-order valence-electron chi connectivity index (χ1n) is 8.22. The van der Waals surface area contributed by atoms with E-state index in [0.29, 0.717) is 6.04 Å². The van der Waals surface area contributed by atoms with Gasteiger partial charge in [0.25, 0.3) is 0 Å². The highest BCUT2D eigenvalue weighted by atomic mass is 32.2. The Morgan fingerprint density at radius 1 is 1.45 bits per heavy atom. The van der Waals surface area contributed by atoms with Crippen LogP contribution in [0.2, 0.25) is 0 Å². The van der Waals surface area contributed by atoms with E-state index in [9.17, 15) is 0 Å². The second-order valence-corrected chi connectivity index (χ2v) is 9.24. The molecule has 0 bridgehead atoms. The summed E-state index contributed by atoms with van der Waals surface area (Å²) in [7, 11) is 0. The van der Waals surface area contributed by atoms with Gasteiger partial charge in [-0.3, -0.25) is 0 Å². The zero-order valence-electron chi connectivity index (χ0n) is 13.3. The number of thioether (sulfide) groups is 2. The molecule has 0 aromatic heterocycles. The SMILES string of the molecule is CCCNC(CSC(C)C)C1CCOC2(CCSC2)C1. The molecule has 0 aromatic rings. The molecule has 2 aliphatic heterocycles. The number of hydrogen-bond donors (Lipinski definition) is 1. The van der Waals surface area contributed by atoms with E-state index >= 15 is 0 Å². The van der Waals surface area contributed by atoms with Crippen LogP contribution >= 0.6 is 23.5 Å². The molecule has 0 aromatic carbocycles. The van der Waals surface area contributed by atoms with Gasteiger partial charge in [-0.25, -0.2) is 0 Å². The van der Waals surface area contributed by atoms with Crippen LogP contribution in [0.5, 0.6) is 0 Å². The van der Waals surface area contributed by atoms with Crippen LogP contribution in [0.3, 0.4) is 0 Å². The molecular weight excluding hydrogens is 286 g/mol. The largest absolute Gasteiger partial charge is 0.374 e. The molecule has 118 valence electrons. The van der Waals surface area contributed by atoms with Crippen molar-refractivity contribution in [1.29, 1.82) is 0 Å². The van der Waals surface area contributed by atoms with Gasteiger partial charge in [0.15, 0.2) is 0 Å². The highest BCUT2D eigenvalue weighted by molar-refractivity contribution is 8.00. The fourth-order valence-corrected chi connectivity index (χ4v) is 5.62. The first-order chi connectivity index (χ1) is 9.65. The molecule has 2 saturated heterocycles. The van der Waals surface area contributed by atoms with Gasteiger partial charge in [0.2, 0.25) is 0 Å². The number of nitrogens with one attached hydrogen (secondary N) is 1. The third-order valence-corrected chi connectivity index (χ3v) is 6.87. The van der Waals surface area contributed by atoms with E-state index in [-0.39, 0.29) is 5.60 Å². The molecule has 3 atom stereocenters. The van der Waals surface area contributed by atoms with E-state index in [2.05, 4.69) is 49.6 Å². The summed E-state index contributed by atoms with van der Waals surface area (Å²) in [6, 6.07) is 0.675. The van der Waals surface area contributed by atoms with Crippen molar-refractivity contribution < 1.29 is 4.74 Å². The Balaban J connectivity index is 1.91. The van der Waals surface area contributed by atoms with Crippen molar-refractivity contribution >= 4 is 23.5 Å². The van der Waals surface area contributed by atoms with E-state index < -0.39 is 0 Å². The standard InChI is InChI=1S/C16H31NOS2/c1-4-7-17-15(11-20-13(2)3)14-5-8-18-16(10-14)6-9-19-12-16/h13-15,17H,4-12H2,1-3H3. The molecule has 0 amide bonds. The summed E-state index contributed by atoms with van der Waals surface area (Å²) in [5, 5.41) is 4.55. The minimum Gasteiger partial charge on any atom is -0.374 e. The summed E-state index contributed by atoms with van der Waals surface area (Å²) < 4.78 is 6.18. The smallest absolute Gasteiger partial charge is 0.0783 e. The third kappa shape index (κ3) is 4.82. The first-order valence-corrected chi connectivity index (χ1v) is 10.4. The van der Waals surface area contributed by atoms with Crippen molar-refractivity contribution in [3.8, 4) is 0 Å². The molecule has 2 nitrogen and oxygen atoms in total. The van der Waals surface area contributed by atoms with Crippen molar-refractivity contribution in [3.63, 3.8) is 0 Å². The molecule has 4 heteroatoms. The van der Waals surface area contributed by atoms with E-state index in [1.165, 1.54) is 42.9 Å². The summed E-state index contributed by atoms with van der Waals surface area (Å²) in [5.41, 5.74) is 0.224. The normalized spacial score (nSPS) is 32.1. The van der Waals surface area contributed by atoms with Crippen molar-refractivity contribution in [2.45, 2.75) is 63.3 Å². The fourth-order valence-electron chi connectivity index (χ4n) is 3.26. The molecule has 20 heavy (non-hydrogen) atoms. The number of ether oxygens (including phenoxy) is 1. The molecule has 0 aliphatic carbocycles. The van der Waals surface area contributed by atoms with Gasteiger partial charge in [0.1, 0.15) is 0 Å². The third-order valence-electron chi connectivity index (χ3n) is 4.43. The molecule has 2 aliphatic rings. The average Bonchev–Trinajstić information content (AvgIpc) is 2.86. The van der Waals surface area contributed by atoms with Gasteiger partial charge in [-0.05, 0) is 49.1 Å². The van der Waals surface area contributed by atoms with Crippen LogP contribution in [0.25, 0.3) is 0 Å². The lowest BCUT2D eigenvalue weighted by molar-refractivity contribution is -0.0838. The predicted molar refractivity (Wildman–Crippen MR) is 93.0 cm³/mol. The monoisotopic (exact) mass is 317 g/mol. The van der Waals surface area contributed by atoms with Crippen molar-refractivity contribution in [3.05, 3.63) is 0 Å². The molecular formula is C16H31NOS2.